The Bertz CT molecular complexity index is 317. The Balaban J connectivity index is 2.58. The van der Waals surface area contributed by atoms with Crippen molar-refractivity contribution in [2.75, 3.05) is 0 Å². The highest BCUT2D eigenvalue weighted by molar-refractivity contribution is 5.78. The van der Waals surface area contributed by atoms with Gasteiger partial charge in [-0.3, -0.25) is 4.79 Å². The average Bonchev–Trinajstić information content (AvgIpc) is 2.31. The van der Waals surface area contributed by atoms with Gasteiger partial charge in [0.1, 0.15) is 0 Å². The highest BCUT2D eigenvalue weighted by Gasteiger charge is 2.16. The number of amides is 1. The fourth-order valence-electron chi connectivity index (χ4n) is 1.82. The topological polar surface area (TPSA) is 29.1 Å². The molecule has 0 spiro atoms. The van der Waals surface area contributed by atoms with Gasteiger partial charge in [-0.2, -0.15) is 0 Å². The SMILES string of the molecule is CCC(CC)C(=O)N[C@H](C)c1ccccc1. The molecule has 2 nitrogen and oxygen atoms in total. The molecule has 1 aromatic carbocycles. The van der Waals surface area contributed by atoms with E-state index in [9.17, 15) is 4.79 Å². The Morgan fingerprint density at radius 1 is 1.19 bits per heavy atom. The van der Waals surface area contributed by atoms with Gasteiger partial charge in [0, 0.05) is 5.92 Å². The van der Waals surface area contributed by atoms with E-state index >= 15 is 0 Å². The maximum absolute atomic E-state index is 11.9. The minimum Gasteiger partial charge on any atom is -0.349 e. The van der Waals surface area contributed by atoms with E-state index in [-0.39, 0.29) is 17.9 Å². The monoisotopic (exact) mass is 219 g/mol. The smallest absolute Gasteiger partial charge is 0.223 e. The van der Waals surface area contributed by atoms with Crippen molar-refractivity contribution in [3.05, 3.63) is 35.9 Å². The quantitative estimate of drug-likeness (QED) is 0.809. The largest absolute Gasteiger partial charge is 0.349 e. The first-order valence-corrected chi connectivity index (χ1v) is 6.04. The lowest BCUT2D eigenvalue weighted by atomic mass is 10.0. The Labute approximate surface area is 98.1 Å². The Hall–Kier alpha value is -1.31. The minimum atomic E-state index is 0.0919. The molecule has 88 valence electrons. The molecular weight excluding hydrogens is 198 g/mol. The lowest BCUT2D eigenvalue weighted by molar-refractivity contribution is -0.125. The molecule has 0 unspecified atom stereocenters. The van der Waals surface area contributed by atoms with Gasteiger partial charge in [-0.05, 0) is 25.3 Å². The van der Waals surface area contributed by atoms with Crippen LogP contribution < -0.4 is 5.32 Å². The molecular formula is C14H21NO. The summed E-state index contributed by atoms with van der Waals surface area (Å²) in [5.41, 5.74) is 1.15. The highest BCUT2D eigenvalue weighted by atomic mass is 16.1. The van der Waals surface area contributed by atoms with Gasteiger partial charge in [-0.15, -0.1) is 0 Å². The van der Waals surface area contributed by atoms with Crippen LogP contribution in [0.25, 0.3) is 0 Å². The van der Waals surface area contributed by atoms with E-state index in [4.69, 9.17) is 0 Å². The summed E-state index contributed by atoms with van der Waals surface area (Å²) >= 11 is 0. The number of carbonyl (C=O) groups excluding carboxylic acids is 1. The van der Waals surface area contributed by atoms with Gasteiger partial charge in [-0.1, -0.05) is 44.2 Å². The molecule has 16 heavy (non-hydrogen) atoms. The molecule has 1 amide bonds. The van der Waals surface area contributed by atoms with Crippen LogP contribution in [0.5, 0.6) is 0 Å². The maximum atomic E-state index is 11.9. The Kier molecular flexibility index (Phi) is 5.03. The highest BCUT2D eigenvalue weighted by Crippen LogP contribution is 2.14. The molecule has 0 saturated carbocycles. The number of benzene rings is 1. The standard InChI is InChI=1S/C14H21NO/c1-4-12(5-2)14(16)15-11(3)13-9-7-6-8-10-13/h6-12H,4-5H2,1-3H3,(H,15,16)/t11-/m1/s1. The number of carbonyl (C=O) groups is 1. The van der Waals surface area contributed by atoms with Crippen molar-refractivity contribution in [3.8, 4) is 0 Å². The Morgan fingerprint density at radius 2 is 1.75 bits per heavy atom. The summed E-state index contributed by atoms with van der Waals surface area (Å²) in [5.74, 6) is 0.313. The molecule has 1 rings (SSSR count). The second kappa shape index (κ2) is 6.31. The first kappa shape index (κ1) is 12.8. The number of hydrogen-bond acceptors (Lipinski definition) is 1. The van der Waals surface area contributed by atoms with Crippen LogP contribution in [0.4, 0.5) is 0 Å². The first-order valence-electron chi connectivity index (χ1n) is 6.04. The van der Waals surface area contributed by atoms with E-state index in [0.29, 0.717) is 0 Å². The molecule has 0 aliphatic rings. The zero-order valence-corrected chi connectivity index (χ0v) is 10.4. The Morgan fingerprint density at radius 3 is 2.25 bits per heavy atom. The van der Waals surface area contributed by atoms with Crippen molar-refractivity contribution in [3.63, 3.8) is 0 Å². The van der Waals surface area contributed by atoms with Gasteiger partial charge in [0.15, 0.2) is 0 Å². The van der Waals surface area contributed by atoms with Crippen molar-refractivity contribution in [1.29, 1.82) is 0 Å². The zero-order valence-electron chi connectivity index (χ0n) is 10.4. The van der Waals surface area contributed by atoms with Gasteiger partial charge < -0.3 is 5.32 Å². The van der Waals surface area contributed by atoms with Crippen LogP contribution in [0, 0.1) is 5.92 Å². The zero-order chi connectivity index (χ0) is 12.0. The van der Waals surface area contributed by atoms with Crippen LogP contribution in [-0.4, -0.2) is 5.91 Å². The molecule has 0 aliphatic carbocycles. The summed E-state index contributed by atoms with van der Waals surface area (Å²) in [4.78, 5) is 11.9. The second-order valence-electron chi connectivity index (χ2n) is 4.15. The first-order chi connectivity index (χ1) is 7.69. The predicted molar refractivity (Wildman–Crippen MR) is 67.1 cm³/mol. The van der Waals surface area contributed by atoms with E-state index in [1.165, 1.54) is 0 Å². The third-order valence-electron chi connectivity index (χ3n) is 3.01. The second-order valence-corrected chi connectivity index (χ2v) is 4.15. The molecule has 1 N–H and O–H groups in total. The number of nitrogens with one attached hydrogen (secondary N) is 1. The summed E-state index contributed by atoms with van der Waals surface area (Å²) in [6.45, 7) is 6.14. The van der Waals surface area contributed by atoms with Crippen molar-refractivity contribution < 1.29 is 4.79 Å². The lowest BCUT2D eigenvalue weighted by Gasteiger charge is -2.18. The normalized spacial score (nSPS) is 12.5. The van der Waals surface area contributed by atoms with Crippen LogP contribution >= 0.6 is 0 Å². The summed E-state index contributed by atoms with van der Waals surface area (Å²) in [6, 6.07) is 10.1. The van der Waals surface area contributed by atoms with Gasteiger partial charge >= 0.3 is 0 Å². The van der Waals surface area contributed by atoms with E-state index < -0.39 is 0 Å². The van der Waals surface area contributed by atoms with Crippen molar-refractivity contribution >= 4 is 5.91 Å². The average molecular weight is 219 g/mol. The molecule has 2 heteroatoms. The molecule has 0 heterocycles. The molecule has 0 aliphatic heterocycles. The van der Waals surface area contributed by atoms with Gasteiger partial charge in [0.2, 0.25) is 5.91 Å². The van der Waals surface area contributed by atoms with E-state index in [1.807, 2.05) is 37.3 Å². The van der Waals surface area contributed by atoms with Crippen molar-refractivity contribution in [2.45, 2.75) is 39.7 Å². The van der Waals surface area contributed by atoms with Gasteiger partial charge in [-0.25, -0.2) is 0 Å². The summed E-state index contributed by atoms with van der Waals surface area (Å²) in [5, 5.41) is 3.06. The molecule has 0 fully saturated rings. The molecule has 0 aromatic heterocycles. The summed E-state index contributed by atoms with van der Waals surface area (Å²) in [6.07, 6.45) is 1.81. The van der Waals surface area contributed by atoms with Crippen LogP contribution in [-0.2, 0) is 4.79 Å². The maximum Gasteiger partial charge on any atom is 0.223 e. The van der Waals surface area contributed by atoms with Gasteiger partial charge in [0.05, 0.1) is 6.04 Å². The van der Waals surface area contributed by atoms with Crippen molar-refractivity contribution in [1.82, 2.24) is 5.32 Å². The van der Waals surface area contributed by atoms with Crippen LogP contribution in [0.2, 0.25) is 0 Å². The fraction of sp³-hybridized carbons (Fsp3) is 0.500. The molecule has 0 bridgehead atoms. The van der Waals surface area contributed by atoms with Crippen LogP contribution in [0.3, 0.4) is 0 Å². The van der Waals surface area contributed by atoms with E-state index in [0.717, 1.165) is 18.4 Å². The van der Waals surface area contributed by atoms with E-state index in [2.05, 4.69) is 19.2 Å². The third kappa shape index (κ3) is 3.37. The van der Waals surface area contributed by atoms with E-state index in [1.54, 1.807) is 0 Å². The van der Waals surface area contributed by atoms with Gasteiger partial charge in [0.25, 0.3) is 0 Å². The third-order valence-corrected chi connectivity index (χ3v) is 3.01. The van der Waals surface area contributed by atoms with Crippen LogP contribution in [0.15, 0.2) is 30.3 Å². The minimum absolute atomic E-state index is 0.0919. The molecule has 1 atom stereocenters. The van der Waals surface area contributed by atoms with Crippen LogP contribution in [0.1, 0.15) is 45.2 Å². The molecule has 1 aromatic rings. The number of rotatable bonds is 5. The molecule has 0 saturated heterocycles. The molecule has 0 radical (unpaired) electrons. The lowest BCUT2D eigenvalue weighted by Crippen LogP contribution is -2.32. The predicted octanol–water partition coefficient (Wildman–Crippen LogP) is 3.30. The van der Waals surface area contributed by atoms with Crippen molar-refractivity contribution in [2.24, 2.45) is 5.92 Å². The number of hydrogen-bond donors (Lipinski definition) is 1. The fourth-order valence-corrected chi connectivity index (χ4v) is 1.82. The summed E-state index contributed by atoms with van der Waals surface area (Å²) in [7, 11) is 0. The summed E-state index contributed by atoms with van der Waals surface area (Å²) < 4.78 is 0.